The van der Waals surface area contributed by atoms with E-state index in [0.29, 0.717) is 17.5 Å². The van der Waals surface area contributed by atoms with Gasteiger partial charge < -0.3 is 46.7 Å². The highest BCUT2D eigenvalue weighted by Gasteiger charge is 2.41. The molecule has 0 bridgehead atoms. The van der Waals surface area contributed by atoms with Gasteiger partial charge in [-0.25, -0.2) is 4.79 Å². The summed E-state index contributed by atoms with van der Waals surface area (Å²) in [5.74, 6) is -8.03. The monoisotopic (exact) mass is 929 g/mol. The van der Waals surface area contributed by atoms with Crippen molar-refractivity contribution in [2.24, 2.45) is 17.6 Å². The molecule has 1 fully saturated rings. The number of ether oxygens (including phenoxy) is 1. The van der Waals surface area contributed by atoms with E-state index in [0.717, 1.165) is 16.5 Å². The molecule has 4 aromatic rings. The van der Waals surface area contributed by atoms with E-state index in [9.17, 15) is 48.1 Å². The first kappa shape index (κ1) is 50.5. The SMILES string of the molecule is CC(C)CC(CP(=O)(O)C(Cc1ccccc1)NC(=O)[C@H](CCC(N)=O)NC(=O)[C@@H]1CCCN1C(=O)OCc1ccccc1)C(=O)N[C@@H](Cc1c[nH]c2ccccc12)C(=O)N[C@@H](C)C(=O)O. The van der Waals surface area contributed by atoms with Gasteiger partial charge in [0.15, 0.2) is 0 Å². The number of primary amides is 1. The fraction of sp³-hybridized carbons (Fsp3) is 0.426. The highest BCUT2D eigenvalue weighted by Crippen LogP contribution is 2.49. The number of nitrogens with two attached hydrogens (primary N) is 1. The van der Waals surface area contributed by atoms with Crippen molar-refractivity contribution < 1.29 is 52.9 Å². The average Bonchev–Trinajstić information content (AvgIpc) is 3.95. The van der Waals surface area contributed by atoms with Crippen LogP contribution in [0.3, 0.4) is 0 Å². The van der Waals surface area contributed by atoms with E-state index < -0.39 is 91.0 Å². The molecule has 3 aromatic carbocycles. The Labute approximate surface area is 383 Å². The van der Waals surface area contributed by atoms with E-state index in [2.05, 4.69) is 26.3 Å². The Morgan fingerprint density at radius 3 is 2.11 bits per heavy atom. The van der Waals surface area contributed by atoms with Gasteiger partial charge in [0.25, 0.3) is 0 Å². The molecule has 7 atom stereocenters. The molecule has 9 N–H and O–H groups in total. The minimum atomic E-state index is -4.62. The molecule has 18 nitrogen and oxygen atoms in total. The molecule has 0 saturated carbocycles. The highest BCUT2D eigenvalue weighted by molar-refractivity contribution is 7.58. The minimum absolute atomic E-state index is 0.0230. The Balaban J connectivity index is 1.37. The number of likely N-dealkylation sites (tertiary alicyclic amines) is 1. The predicted octanol–water partition coefficient (Wildman–Crippen LogP) is 3.95. The molecule has 6 amide bonds. The number of nitrogens with one attached hydrogen (secondary N) is 5. The van der Waals surface area contributed by atoms with Crippen LogP contribution in [0.25, 0.3) is 10.9 Å². The summed E-state index contributed by atoms with van der Waals surface area (Å²) < 4.78 is 20.3. The van der Waals surface area contributed by atoms with E-state index in [1.54, 1.807) is 60.8 Å². The Morgan fingerprint density at radius 2 is 1.45 bits per heavy atom. The molecule has 1 saturated heterocycles. The van der Waals surface area contributed by atoms with Crippen molar-refractivity contribution in [3.63, 3.8) is 0 Å². The number of amides is 6. The van der Waals surface area contributed by atoms with Gasteiger partial charge in [0.05, 0.1) is 0 Å². The van der Waals surface area contributed by atoms with Gasteiger partial charge in [-0.1, -0.05) is 92.7 Å². The van der Waals surface area contributed by atoms with E-state index >= 15 is 0 Å². The summed E-state index contributed by atoms with van der Waals surface area (Å²) in [7, 11) is -4.62. The van der Waals surface area contributed by atoms with Gasteiger partial charge in [-0.05, 0) is 61.3 Å². The number of para-hydroxylation sites is 1. The number of hydrogen-bond donors (Lipinski definition) is 8. The van der Waals surface area contributed by atoms with Crippen LogP contribution in [0, 0.1) is 11.8 Å². The Bertz CT molecular complexity index is 2380. The molecule has 354 valence electrons. The molecule has 0 aliphatic carbocycles. The first-order chi connectivity index (χ1) is 31.4. The Hall–Kier alpha value is -6.52. The molecule has 66 heavy (non-hydrogen) atoms. The molecule has 3 unspecified atom stereocenters. The second kappa shape index (κ2) is 23.6. The number of rotatable bonds is 23. The normalized spacial score (nSPS) is 16.8. The molecule has 0 radical (unpaired) electrons. The van der Waals surface area contributed by atoms with Crippen LogP contribution in [0.5, 0.6) is 0 Å². The van der Waals surface area contributed by atoms with Gasteiger partial charge in [0.1, 0.15) is 36.6 Å². The predicted molar refractivity (Wildman–Crippen MR) is 246 cm³/mol. The maximum Gasteiger partial charge on any atom is 0.410 e. The lowest BCUT2D eigenvalue weighted by Gasteiger charge is -2.31. The zero-order valence-electron chi connectivity index (χ0n) is 37.3. The van der Waals surface area contributed by atoms with Gasteiger partial charge in [0, 0.05) is 55.0 Å². The first-order valence-corrected chi connectivity index (χ1v) is 23.9. The van der Waals surface area contributed by atoms with Crippen molar-refractivity contribution in [1.82, 2.24) is 31.2 Å². The molecule has 5 rings (SSSR count). The zero-order valence-corrected chi connectivity index (χ0v) is 38.2. The molecule has 1 aliphatic heterocycles. The Morgan fingerprint density at radius 1 is 0.818 bits per heavy atom. The van der Waals surface area contributed by atoms with Crippen LogP contribution in [-0.2, 0) is 57.5 Å². The van der Waals surface area contributed by atoms with Crippen LogP contribution in [0.15, 0.2) is 91.1 Å². The quantitative estimate of drug-likeness (QED) is 0.0493. The first-order valence-electron chi connectivity index (χ1n) is 22.0. The van der Waals surface area contributed by atoms with Gasteiger partial charge in [-0.15, -0.1) is 0 Å². The fourth-order valence-corrected chi connectivity index (χ4v) is 9.98. The van der Waals surface area contributed by atoms with Crippen LogP contribution >= 0.6 is 7.37 Å². The molecular weight excluding hydrogens is 870 g/mol. The van der Waals surface area contributed by atoms with E-state index in [1.807, 2.05) is 44.2 Å². The number of H-pyrrole nitrogens is 1. The second-order valence-corrected chi connectivity index (χ2v) is 19.6. The highest BCUT2D eigenvalue weighted by atomic mass is 31.2. The molecule has 0 spiro atoms. The summed E-state index contributed by atoms with van der Waals surface area (Å²) in [5, 5.41) is 20.8. The number of carboxylic acids is 1. The minimum Gasteiger partial charge on any atom is -0.480 e. The van der Waals surface area contributed by atoms with Crippen LogP contribution in [0.2, 0.25) is 0 Å². The number of hydrogen-bond acceptors (Lipinski definition) is 9. The number of aliphatic carboxylic acids is 1. The number of aromatic nitrogens is 1. The number of carbonyl (C=O) groups is 7. The van der Waals surface area contributed by atoms with E-state index in [4.69, 9.17) is 10.5 Å². The number of aromatic amines is 1. The lowest BCUT2D eigenvalue weighted by Crippen LogP contribution is -2.55. The summed E-state index contributed by atoms with van der Waals surface area (Å²) in [6.45, 7) is 5.11. The molecule has 1 aliphatic rings. The summed E-state index contributed by atoms with van der Waals surface area (Å²) >= 11 is 0. The third kappa shape index (κ3) is 14.5. The largest absolute Gasteiger partial charge is 0.480 e. The third-order valence-electron chi connectivity index (χ3n) is 11.4. The van der Waals surface area contributed by atoms with Crippen molar-refractivity contribution in [2.75, 3.05) is 12.7 Å². The molecule has 1 aromatic heterocycles. The second-order valence-electron chi connectivity index (χ2n) is 17.1. The average molecular weight is 930 g/mol. The number of carbonyl (C=O) groups excluding carboxylic acids is 6. The molecule has 19 heteroatoms. The number of nitrogens with zero attached hydrogens (tertiary/aromatic N) is 1. The summed E-state index contributed by atoms with van der Waals surface area (Å²) in [4.78, 5) is 109. The van der Waals surface area contributed by atoms with Crippen molar-refractivity contribution in [1.29, 1.82) is 0 Å². The van der Waals surface area contributed by atoms with Crippen molar-refractivity contribution in [3.8, 4) is 0 Å². The summed E-state index contributed by atoms with van der Waals surface area (Å²) in [5.41, 5.74) is 8.21. The molecule has 2 heterocycles. The van der Waals surface area contributed by atoms with E-state index in [1.165, 1.54) is 11.8 Å². The standard InChI is InChI=1S/C47H60N7O11P/c1-29(2)23-34(42(56)52-38(44(58)50-30(3)46(60)61)25-33-26-49-36-18-11-10-17-35(33)36)28-66(63,64)41(24-31-13-6-4-7-14-31)53-43(57)37(20-21-40(48)55)51-45(59)39-19-12-22-54(39)47(62)65-27-32-15-8-5-9-16-32/h4-11,13-18,26,29-30,34,37-39,41,49H,12,19-25,27-28H2,1-3H3,(H2,48,55)(H,50,58)(H,51,59)(H,52,56)(H,53,57)(H,60,61)(H,63,64)/t30-,34?,37-,38-,39-,41?/m0/s1. The van der Waals surface area contributed by atoms with Crippen molar-refractivity contribution >= 4 is 59.9 Å². The van der Waals surface area contributed by atoms with Crippen LogP contribution in [0.4, 0.5) is 4.79 Å². The van der Waals surface area contributed by atoms with E-state index in [-0.39, 0.29) is 57.6 Å². The topological polar surface area (TPSA) is 279 Å². The smallest absolute Gasteiger partial charge is 0.410 e. The lowest BCUT2D eigenvalue weighted by molar-refractivity contribution is -0.141. The third-order valence-corrected chi connectivity index (χ3v) is 13.7. The van der Waals surface area contributed by atoms with Gasteiger partial charge in [-0.3, -0.25) is 38.2 Å². The summed E-state index contributed by atoms with van der Waals surface area (Å²) in [6, 6.07) is 19.9. The lowest BCUT2D eigenvalue weighted by atomic mass is 9.96. The van der Waals surface area contributed by atoms with Gasteiger partial charge in [0.2, 0.25) is 36.9 Å². The number of benzene rings is 3. The van der Waals surface area contributed by atoms with Gasteiger partial charge >= 0.3 is 12.1 Å². The van der Waals surface area contributed by atoms with Crippen molar-refractivity contribution in [2.45, 2.75) is 102 Å². The zero-order chi connectivity index (χ0) is 48.0. The van der Waals surface area contributed by atoms with Gasteiger partial charge in [-0.2, -0.15) is 0 Å². The Kier molecular flexibility index (Phi) is 18.1. The van der Waals surface area contributed by atoms with Crippen LogP contribution in [-0.4, -0.2) is 104 Å². The maximum atomic E-state index is 14.8. The van der Waals surface area contributed by atoms with Crippen molar-refractivity contribution in [3.05, 3.63) is 108 Å². The molecular formula is C47H60N7O11P. The van der Waals surface area contributed by atoms with Crippen LogP contribution < -0.4 is 27.0 Å². The number of fused-ring (bicyclic) bond motifs is 1. The summed E-state index contributed by atoms with van der Waals surface area (Å²) in [6.07, 6.45) is 0.343. The fourth-order valence-electron chi connectivity index (χ4n) is 7.95. The number of carboxylic acid groups (broad SMARTS) is 1. The maximum absolute atomic E-state index is 14.8. The van der Waals surface area contributed by atoms with Crippen LogP contribution in [0.1, 0.15) is 69.6 Å².